The fourth-order valence-electron chi connectivity index (χ4n) is 5.19. The number of ketones is 1. The quantitative estimate of drug-likeness (QED) is 0.512. The number of aliphatic hydroxyl groups is 3. The summed E-state index contributed by atoms with van der Waals surface area (Å²) in [5.41, 5.74) is -0.863. The van der Waals surface area contributed by atoms with Crippen LogP contribution in [0, 0.1) is 6.92 Å². The lowest BCUT2D eigenvalue weighted by molar-refractivity contribution is -0.312. The average Bonchev–Trinajstić information content (AvgIpc) is 3.22. The number of nitrogens with zero attached hydrogens (tertiary/aromatic N) is 1. The van der Waals surface area contributed by atoms with Crippen molar-refractivity contribution in [3.63, 3.8) is 0 Å². The Balaban J connectivity index is 1.86. The molecule has 1 amide bonds. The third-order valence-corrected chi connectivity index (χ3v) is 6.62. The fraction of sp³-hybridized carbons (Fsp3) is 0.333. The number of ether oxygens (including phenoxy) is 1. The van der Waals surface area contributed by atoms with Crippen molar-refractivity contribution in [1.29, 1.82) is 0 Å². The Morgan fingerprint density at radius 3 is 2.26 bits per heavy atom. The van der Waals surface area contributed by atoms with E-state index < -0.39 is 28.8 Å². The summed E-state index contributed by atoms with van der Waals surface area (Å²) >= 11 is 0. The van der Waals surface area contributed by atoms with Crippen LogP contribution >= 0.6 is 0 Å². The molecule has 1 spiro atoms. The number of hydrogen-bond donors (Lipinski definition) is 3. The molecule has 1 aliphatic carbocycles. The lowest BCUT2D eigenvalue weighted by atomic mass is 9.78. The minimum absolute atomic E-state index is 0.00181. The lowest BCUT2D eigenvalue weighted by Crippen LogP contribution is -2.66. The molecule has 3 aliphatic rings. The zero-order valence-corrected chi connectivity index (χ0v) is 17.3. The van der Waals surface area contributed by atoms with Gasteiger partial charge in [-0.05, 0) is 13.3 Å². The molecule has 0 aromatic heterocycles. The Kier molecular flexibility index (Phi) is 4.02. The molecule has 2 atom stereocenters. The zero-order valence-electron chi connectivity index (χ0n) is 17.3. The summed E-state index contributed by atoms with van der Waals surface area (Å²) in [4.78, 5) is 27.5. The van der Waals surface area contributed by atoms with Gasteiger partial charge in [-0.3, -0.25) is 9.59 Å². The molecular weight excluding hydrogens is 398 g/mol. The first kappa shape index (κ1) is 19.9. The van der Waals surface area contributed by atoms with E-state index in [0.29, 0.717) is 18.4 Å². The molecule has 2 heterocycles. The van der Waals surface area contributed by atoms with Crippen LogP contribution in [-0.2, 0) is 25.9 Å². The Labute approximate surface area is 179 Å². The number of hydrogen-bond acceptors (Lipinski definition) is 6. The van der Waals surface area contributed by atoms with Crippen LogP contribution in [0.2, 0.25) is 0 Å². The lowest BCUT2D eigenvalue weighted by Gasteiger charge is -2.45. The molecule has 7 heteroatoms. The van der Waals surface area contributed by atoms with Crippen LogP contribution in [0.4, 0.5) is 0 Å². The maximum Gasteiger partial charge on any atom is 0.296 e. The number of aryl methyl sites for hydroxylation is 1. The van der Waals surface area contributed by atoms with Gasteiger partial charge in [0.2, 0.25) is 11.3 Å². The maximum absolute atomic E-state index is 13.3. The van der Waals surface area contributed by atoms with Crippen molar-refractivity contribution in [2.45, 2.75) is 43.8 Å². The number of carbonyl (C=O) groups is 2. The molecular formula is C24H23NO6. The number of amides is 1. The number of unbranched alkanes of at least 4 members (excludes halogenated alkanes) is 1. The molecule has 2 aromatic rings. The molecule has 1 fully saturated rings. The van der Waals surface area contributed by atoms with Crippen molar-refractivity contribution >= 4 is 17.4 Å². The van der Waals surface area contributed by atoms with Crippen LogP contribution in [0.3, 0.4) is 0 Å². The predicted molar refractivity (Wildman–Crippen MR) is 110 cm³/mol. The highest BCUT2D eigenvalue weighted by Crippen LogP contribution is 2.67. The standard InChI is InChI=1S/C24H23NO6/c1-3-4-13-25-21(27)19(26)18-20(15-11-9-14(2)10-12-15)31-24(30)17-8-6-5-7-16(17)23(28,29)22(18,24)25/h5-12,28-30H,3-4,13H2,1-2H3/t22-,24-/m1/s1. The predicted octanol–water partition coefficient (Wildman–Crippen LogP) is 1.68. The van der Waals surface area contributed by atoms with Crippen molar-refractivity contribution < 1.29 is 29.6 Å². The highest BCUT2D eigenvalue weighted by atomic mass is 16.6. The van der Waals surface area contributed by atoms with Crippen LogP contribution in [0.1, 0.15) is 42.0 Å². The largest absolute Gasteiger partial charge is 0.454 e. The first-order valence-electron chi connectivity index (χ1n) is 10.4. The van der Waals surface area contributed by atoms with Crippen molar-refractivity contribution in [2.24, 2.45) is 0 Å². The van der Waals surface area contributed by atoms with Gasteiger partial charge in [-0.1, -0.05) is 67.4 Å². The second-order valence-corrected chi connectivity index (χ2v) is 8.38. The van der Waals surface area contributed by atoms with E-state index in [4.69, 9.17) is 4.74 Å². The number of Topliss-reactive ketones (excluding diaryl/α,β-unsaturated/α-hetero) is 1. The summed E-state index contributed by atoms with van der Waals surface area (Å²) in [5.74, 6) is -6.87. The molecule has 2 aromatic carbocycles. The van der Waals surface area contributed by atoms with Crippen LogP contribution in [0.15, 0.2) is 54.1 Å². The first-order valence-corrected chi connectivity index (χ1v) is 10.4. The zero-order chi connectivity index (χ0) is 22.2. The van der Waals surface area contributed by atoms with E-state index in [1.807, 2.05) is 26.0 Å². The van der Waals surface area contributed by atoms with E-state index >= 15 is 0 Å². The van der Waals surface area contributed by atoms with Gasteiger partial charge in [0.05, 0.1) is 5.57 Å². The van der Waals surface area contributed by atoms with Gasteiger partial charge >= 0.3 is 0 Å². The second-order valence-electron chi connectivity index (χ2n) is 8.38. The SMILES string of the molecule is CCCCN1C(=O)C(=O)C2=C(c3ccc(C)cc3)O[C@]3(O)c4ccccc4C(O)(O)[C@@]213. The maximum atomic E-state index is 13.3. The van der Waals surface area contributed by atoms with Crippen molar-refractivity contribution in [1.82, 2.24) is 4.90 Å². The summed E-state index contributed by atoms with van der Waals surface area (Å²) < 4.78 is 6.05. The Morgan fingerprint density at radius 2 is 1.61 bits per heavy atom. The molecule has 3 N–H and O–H groups in total. The summed E-state index contributed by atoms with van der Waals surface area (Å²) in [6.07, 6.45) is 1.21. The van der Waals surface area contributed by atoms with Crippen molar-refractivity contribution in [2.75, 3.05) is 6.54 Å². The Hall–Kier alpha value is -3.00. The molecule has 160 valence electrons. The minimum Gasteiger partial charge on any atom is -0.454 e. The molecule has 1 saturated heterocycles. The molecule has 0 unspecified atom stereocenters. The molecule has 2 aliphatic heterocycles. The molecule has 0 saturated carbocycles. The van der Waals surface area contributed by atoms with Gasteiger partial charge < -0.3 is 25.0 Å². The topological polar surface area (TPSA) is 107 Å². The van der Waals surface area contributed by atoms with E-state index in [9.17, 15) is 24.9 Å². The van der Waals surface area contributed by atoms with E-state index in [-0.39, 0.29) is 29.0 Å². The minimum atomic E-state index is -2.74. The van der Waals surface area contributed by atoms with E-state index in [0.717, 1.165) is 10.5 Å². The molecule has 0 radical (unpaired) electrons. The van der Waals surface area contributed by atoms with Gasteiger partial charge in [-0.2, -0.15) is 0 Å². The fourth-order valence-corrected chi connectivity index (χ4v) is 5.19. The number of likely N-dealkylation sites (tertiary alicyclic amines) is 1. The molecule has 31 heavy (non-hydrogen) atoms. The molecule has 0 bridgehead atoms. The van der Waals surface area contributed by atoms with E-state index in [2.05, 4.69) is 0 Å². The van der Waals surface area contributed by atoms with E-state index in [1.54, 1.807) is 24.3 Å². The molecule has 7 nitrogen and oxygen atoms in total. The van der Waals surface area contributed by atoms with Gasteiger partial charge in [0.1, 0.15) is 5.76 Å². The van der Waals surface area contributed by atoms with E-state index in [1.165, 1.54) is 12.1 Å². The monoisotopic (exact) mass is 421 g/mol. The van der Waals surface area contributed by atoms with Gasteiger partial charge in [0.15, 0.2) is 0 Å². The smallest absolute Gasteiger partial charge is 0.296 e. The summed E-state index contributed by atoms with van der Waals surface area (Å²) in [6, 6.07) is 13.3. The van der Waals surface area contributed by atoms with Gasteiger partial charge in [0, 0.05) is 23.2 Å². The van der Waals surface area contributed by atoms with Gasteiger partial charge in [0.25, 0.3) is 17.5 Å². The third-order valence-electron chi connectivity index (χ3n) is 6.62. The average molecular weight is 421 g/mol. The summed E-state index contributed by atoms with van der Waals surface area (Å²) in [7, 11) is 0. The van der Waals surface area contributed by atoms with Crippen LogP contribution in [-0.4, -0.2) is 44.0 Å². The summed E-state index contributed by atoms with van der Waals surface area (Å²) in [6.45, 7) is 3.88. The summed E-state index contributed by atoms with van der Waals surface area (Å²) in [5, 5.41) is 34.9. The van der Waals surface area contributed by atoms with Crippen LogP contribution < -0.4 is 0 Å². The van der Waals surface area contributed by atoms with Crippen LogP contribution in [0.5, 0.6) is 0 Å². The Bertz CT molecular complexity index is 1150. The normalized spacial score (nSPS) is 28.0. The number of carbonyl (C=O) groups excluding carboxylic acids is 2. The van der Waals surface area contributed by atoms with Gasteiger partial charge in [-0.15, -0.1) is 0 Å². The van der Waals surface area contributed by atoms with Crippen molar-refractivity contribution in [3.8, 4) is 0 Å². The number of rotatable bonds is 4. The highest BCUT2D eigenvalue weighted by molar-refractivity contribution is 6.48. The van der Waals surface area contributed by atoms with Gasteiger partial charge in [-0.25, -0.2) is 0 Å². The highest BCUT2D eigenvalue weighted by Gasteiger charge is 2.84. The Morgan fingerprint density at radius 1 is 0.968 bits per heavy atom. The van der Waals surface area contributed by atoms with Crippen LogP contribution in [0.25, 0.3) is 5.76 Å². The third kappa shape index (κ3) is 2.13. The number of benzene rings is 2. The molecule has 5 rings (SSSR count). The second kappa shape index (κ2) is 6.26. The first-order chi connectivity index (χ1) is 14.7. The number of fused-ring (bicyclic) bond motifs is 2. The van der Waals surface area contributed by atoms with Crippen molar-refractivity contribution in [3.05, 3.63) is 76.4 Å².